The van der Waals surface area contributed by atoms with Gasteiger partial charge in [-0.1, -0.05) is 12.1 Å². The summed E-state index contributed by atoms with van der Waals surface area (Å²) in [7, 11) is 2.11. The molecule has 0 unspecified atom stereocenters. The fraction of sp³-hybridized carbons (Fsp3) is 0.533. The zero-order valence-electron chi connectivity index (χ0n) is 12.4. The number of nitrogens with zero attached hydrogens (tertiary/aromatic N) is 1. The molecule has 1 saturated heterocycles. The molecule has 21 heavy (non-hydrogen) atoms. The molecule has 1 atom stereocenters. The van der Waals surface area contributed by atoms with Gasteiger partial charge in [-0.05, 0) is 24.7 Å². The second-order valence-electron chi connectivity index (χ2n) is 5.28. The maximum Gasteiger partial charge on any atom is 0.255 e. The molecule has 3 N–H and O–H groups in total. The average Bonchev–Trinajstić information content (AvgIpc) is 2.46. The number of nitrogens with one attached hydrogen (secondary N) is 1. The van der Waals surface area contributed by atoms with Crippen LogP contribution >= 0.6 is 0 Å². The summed E-state index contributed by atoms with van der Waals surface area (Å²) in [5, 5.41) is 3.40. The van der Waals surface area contributed by atoms with E-state index in [1.165, 1.54) is 0 Å². The molecular weight excluding hydrogens is 270 g/mol. The van der Waals surface area contributed by atoms with Gasteiger partial charge in [0.05, 0.1) is 12.7 Å². The van der Waals surface area contributed by atoms with Gasteiger partial charge in [-0.2, -0.15) is 0 Å². The van der Waals surface area contributed by atoms with Gasteiger partial charge in [-0.15, -0.1) is 0 Å². The molecule has 0 spiro atoms. The van der Waals surface area contributed by atoms with Gasteiger partial charge < -0.3 is 25.4 Å². The highest BCUT2D eigenvalue weighted by atomic mass is 16.5. The molecule has 1 aliphatic rings. The lowest BCUT2D eigenvalue weighted by molar-refractivity contribution is -0.119. The van der Waals surface area contributed by atoms with Crippen LogP contribution in [0.2, 0.25) is 0 Å². The Balaban J connectivity index is 1.69. The summed E-state index contributed by atoms with van der Waals surface area (Å²) in [4.78, 5) is 12.9. The molecule has 0 saturated carbocycles. The second-order valence-corrected chi connectivity index (χ2v) is 5.28. The van der Waals surface area contributed by atoms with Crippen LogP contribution in [0.5, 0.6) is 5.75 Å². The molecular formula is C15H23N3O3. The van der Waals surface area contributed by atoms with Crippen molar-refractivity contribution in [2.75, 3.05) is 39.9 Å². The van der Waals surface area contributed by atoms with Crippen molar-refractivity contribution in [3.8, 4) is 5.75 Å². The molecule has 1 aliphatic heterocycles. The third-order valence-electron chi connectivity index (χ3n) is 3.35. The molecule has 1 fully saturated rings. The molecule has 0 aromatic heterocycles. The number of amides is 1. The summed E-state index contributed by atoms with van der Waals surface area (Å²) < 4.78 is 10.9. The van der Waals surface area contributed by atoms with Crippen LogP contribution in [0.1, 0.15) is 5.56 Å². The lowest BCUT2D eigenvalue weighted by Crippen LogP contribution is -2.44. The van der Waals surface area contributed by atoms with Crippen molar-refractivity contribution in [1.82, 2.24) is 10.2 Å². The van der Waals surface area contributed by atoms with E-state index in [1.807, 2.05) is 24.3 Å². The van der Waals surface area contributed by atoms with E-state index in [0.29, 0.717) is 5.75 Å². The molecule has 1 aromatic carbocycles. The Morgan fingerprint density at radius 2 is 2.24 bits per heavy atom. The number of likely N-dealkylation sites (N-methyl/N-ethyl adjacent to an activating group) is 1. The fourth-order valence-electron chi connectivity index (χ4n) is 2.23. The minimum Gasteiger partial charge on any atom is -0.484 e. The van der Waals surface area contributed by atoms with Gasteiger partial charge in [0.1, 0.15) is 5.75 Å². The molecule has 1 heterocycles. The number of nitrogens with two attached hydrogens (primary N) is 1. The van der Waals surface area contributed by atoms with E-state index in [0.717, 1.165) is 38.3 Å². The number of benzene rings is 1. The molecule has 0 aliphatic carbocycles. The summed E-state index contributed by atoms with van der Waals surface area (Å²) in [6.07, 6.45) is 0.252. The first-order chi connectivity index (χ1) is 10.1. The number of hydrogen-bond acceptors (Lipinski definition) is 5. The van der Waals surface area contributed by atoms with Crippen LogP contribution in [-0.4, -0.2) is 56.8 Å². The number of hydrogen-bond donors (Lipinski definition) is 2. The zero-order chi connectivity index (χ0) is 15.1. The molecule has 0 radical (unpaired) electrons. The predicted molar refractivity (Wildman–Crippen MR) is 80.1 cm³/mol. The van der Waals surface area contributed by atoms with Gasteiger partial charge in [0, 0.05) is 26.2 Å². The van der Waals surface area contributed by atoms with Gasteiger partial charge in [0.2, 0.25) is 0 Å². The van der Waals surface area contributed by atoms with Crippen LogP contribution in [0.3, 0.4) is 0 Å². The van der Waals surface area contributed by atoms with Crippen LogP contribution in [0.25, 0.3) is 0 Å². The first-order valence-corrected chi connectivity index (χ1v) is 7.14. The molecule has 1 aromatic rings. The number of morpholine rings is 1. The van der Waals surface area contributed by atoms with Gasteiger partial charge in [-0.25, -0.2) is 0 Å². The third kappa shape index (κ3) is 5.71. The highest BCUT2D eigenvalue weighted by molar-refractivity contribution is 5.75. The Hall–Kier alpha value is -1.63. The highest BCUT2D eigenvalue weighted by Gasteiger charge is 2.16. The maximum absolute atomic E-state index is 10.6. The number of primary amides is 1. The quantitative estimate of drug-likeness (QED) is 0.738. The van der Waals surface area contributed by atoms with Crippen molar-refractivity contribution in [1.29, 1.82) is 0 Å². The van der Waals surface area contributed by atoms with Crippen LogP contribution < -0.4 is 15.8 Å². The lowest BCUT2D eigenvalue weighted by Gasteiger charge is -2.30. The molecule has 6 nitrogen and oxygen atoms in total. The van der Waals surface area contributed by atoms with Gasteiger partial charge in [-0.3, -0.25) is 4.79 Å². The molecule has 2 rings (SSSR count). The minimum atomic E-state index is -0.474. The highest BCUT2D eigenvalue weighted by Crippen LogP contribution is 2.12. The Bertz CT molecular complexity index is 450. The second kappa shape index (κ2) is 7.97. The van der Waals surface area contributed by atoms with Gasteiger partial charge in [0.25, 0.3) is 5.91 Å². The lowest BCUT2D eigenvalue weighted by atomic mass is 10.2. The van der Waals surface area contributed by atoms with Crippen molar-refractivity contribution in [3.63, 3.8) is 0 Å². The number of ether oxygens (including phenoxy) is 2. The number of carbonyl (C=O) groups is 1. The van der Waals surface area contributed by atoms with Gasteiger partial charge in [0.15, 0.2) is 6.61 Å². The van der Waals surface area contributed by atoms with Crippen LogP contribution in [0.4, 0.5) is 0 Å². The van der Waals surface area contributed by atoms with Crippen molar-refractivity contribution in [2.45, 2.75) is 12.6 Å². The first-order valence-electron chi connectivity index (χ1n) is 7.14. The van der Waals surface area contributed by atoms with E-state index < -0.39 is 5.91 Å². The Morgan fingerprint density at radius 3 is 2.90 bits per heavy atom. The van der Waals surface area contributed by atoms with E-state index in [9.17, 15) is 4.79 Å². The summed E-state index contributed by atoms with van der Waals surface area (Å²) in [5.41, 5.74) is 6.19. The molecule has 1 amide bonds. The van der Waals surface area contributed by atoms with Crippen LogP contribution in [0.15, 0.2) is 24.3 Å². The number of carbonyl (C=O) groups excluding carboxylic acids is 1. The van der Waals surface area contributed by atoms with Crippen molar-refractivity contribution < 1.29 is 14.3 Å². The summed E-state index contributed by atoms with van der Waals surface area (Å²) >= 11 is 0. The number of rotatable bonds is 7. The standard InChI is InChI=1S/C15H23N3O3/c1-18-6-7-20-14(10-18)9-17-8-12-2-4-13(5-3-12)21-11-15(16)19/h2-5,14,17H,6-11H2,1H3,(H2,16,19)/t14-/m1/s1. The fourth-order valence-corrected chi connectivity index (χ4v) is 2.23. The Labute approximate surface area is 125 Å². The van der Waals surface area contributed by atoms with Crippen LogP contribution in [0, 0.1) is 0 Å². The summed E-state index contributed by atoms with van der Waals surface area (Å²) in [5.74, 6) is 0.174. The summed E-state index contributed by atoms with van der Waals surface area (Å²) in [6, 6.07) is 7.62. The van der Waals surface area contributed by atoms with Crippen molar-refractivity contribution >= 4 is 5.91 Å². The molecule has 116 valence electrons. The van der Waals surface area contributed by atoms with Crippen molar-refractivity contribution in [2.24, 2.45) is 5.73 Å². The third-order valence-corrected chi connectivity index (χ3v) is 3.35. The van der Waals surface area contributed by atoms with E-state index in [-0.39, 0.29) is 12.7 Å². The van der Waals surface area contributed by atoms with E-state index in [2.05, 4.69) is 17.3 Å². The average molecular weight is 293 g/mol. The largest absolute Gasteiger partial charge is 0.484 e. The van der Waals surface area contributed by atoms with Crippen molar-refractivity contribution in [3.05, 3.63) is 29.8 Å². The summed E-state index contributed by atoms with van der Waals surface area (Å²) in [6.45, 7) is 4.29. The monoisotopic (exact) mass is 293 g/mol. The van der Waals surface area contributed by atoms with E-state index in [1.54, 1.807) is 0 Å². The normalized spacial score (nSPS) is 19.4. The Kier molecular flexibility index (Phi) is 5.98. The van der Waals surface area contributed by atoms with Crippen LogP contribution in [-0.2, 0) is 16.1 Å². The van der Waals surface area contributed by atoms with E-state index >= 15 is 0 Å². The van der Waals surface area contributed by atoms with Gasteiger partial charge >= 0.3 is 0 Å². The minimum absolute atomic E-state index is 0.0931. The smallest absolute Gasteiger partial charge is 0.255 e. The maximum atomic E-state index is 10.6. The molecule has 6 heteroatoms. The predicted octanol–water partition coefficient (Wildman–Crippen LogP) is -0.0291. The topological polar surface area (TPSA) is 76.8 Å². The first kappa shape index (κ1) is 15.8. The van der Waals surface area contributed by atoms with E-state index in [4.69, 9.17) is 15.2 Å². The zero-order valence-corrected chi connectivity index (χ0v) is 12.4. The molecule has 0 bridgehead atoms. The SMILES string of the molecule is CN1CCO[C@H](CNCc2ccc(OCC(N)=O)cc2)C1. The Morgan fingerprint density at radius 1 is 1.48 bits per heavy atom.